The standard InChI is InChI=1S/C52H97NO5/c1-3-5-7-9-11-13-15-17-18-19-21-26-30-34-38-42-46-52(57)58-47-43-39-35-31-27-23-22-25-29-33-37-41-45-51(56)53-49(48-54)50(55)44-40-36-32-28-24-20-16-14-12-10-8-6-4-2/h13,15,18-19,23,27,49-50,54-55H,3-12,14,16-17,20-22,24-26,28-48H2,1-2H3,(H,53,56)/b15-13-,19-18-,27-23-. The van der Waals surface area contributed by atoms with E-state index in [9.17, 15) is 19.8 Å². The van der Waals surface area contributed by atoms with Gasteiger partial charge in [-0.3, -0.25) is 9.59 Å². The van der Waals surface area contributed by atoms with Crippen molar-refractivity contribution in [3.05, 3.63) is 36.5 Å². The van der Waals surface area contributed by atoms with Crippen LogP contribution in [0.2, 0.25) is 0 Å². The van der Waals surface area contributed by atoms with Crippen LogP contribution in [0, 0.1) is 0 Å². The first-order valence-electron chi connectivity index (χ1n) is 25.2. The van der Waals surface area contributed by atoms with Gasteiger partial charge in [-0.25, -0.2) is 0 Å². The third-order valence-corrected chi connectivity index (χ3v) is 11.4. The second-order valence-electron chi connectivity index (χ2n) is 17.1. The molecule has 0 aromatic carbocycles. The molecule has 0 radical (unpaired) electrons. The fraction of sp³-hybridized carbons (Fsp3) is 0.846. The molecule has 0 aliphatic heterocycles. The Hall–Kier alpha value is -1.92. The van der Waals surface area contributed by atoms with Crippen LogP contribution in [0.1, 0.15) is 258 Å². The summed E-state index contributed by atoms with van der Waals surface area (Å²) in [5, 5.41) is 23.2. The van der Waals surface area contributed by atoms with Gasteiger partial charge in [-0.15, -0.1) is 0 Å². The molecule has 1 amide bonds. The van der Waals surface area contributed by atoms with Gasteiger partial charge in [-0.05, 0) is 89.9 Å². The van der Waals surface area contributed by atoms with E-state index in [1.165, 1.54) is 135 Å². The number of aliphatic hydroxyl groups excluding tert-OH is 2. The Morgan fingerprint density at radius 3 is 1.34 bits per heavy atom. The van der Waals surface area contributed by atoms with E-state index in [1.807, 2.05) is 0 Å². The van der Waals surface area contributed by atoms with E-state index in [2.05, 4.69) is 55.6 Å². The molecule has 0 aromatic heterocycles. The second kappa shape index (κ2) is 47.8. The average Bonchev–Trinajstić information content (AvgIpc) is 3.22. The van der Waals surface area contributed by atoms with Gasteiger partial charge in [0, 0.05) is 12.8 Å². The van der Waals surface area contributed by atoms with E-state index >= 15 is 0 Å². The van der Waals surface area contributed by atoms with Crippen molar-refractivity contribution >= 4 is 11.9 Å². The maximum absolute atomic E-state index is 12.4. The molecule has 6 heteroatoms. The first kappa shape index (κ1) is 56.1. The van der Waals surface area contributed by atoms with Crippen LogP contribution in [0.25, 0.3) is 0 Å². The highest BCUT2D eigenvalue weighted by Gasteiger charge is 2.20. The van der Waals surface area contributed by atoms with Gasteiger partial charge in [0.2, 0.25) is 5.91 Å². The predicted octanol–water partition coefficient (Wildman–Crippen LogP) is 14.9. The third-order valence-electron chi connectivity index (χ3n) is 11.4. The van der Waals surface area contributed by atoms with Gasteiger partial charge in [0.1, 0.15) is 0 Å². The molecule has 0 rings (SSSR count). The molecule has 0 aliphatic rings. The van der Waals surface area contributed by atoms with Crippen molar-refractivity contribution in [2.45, 2.75) is 270 Å². The lowest BCUT2D eigenvalue weighted by Gasteiger charge is -2.22. The molecule has 0 saturated heterocycles. The number of nitrogens with one attached hydrogen (secondary N) is 1. The van der Waals surface area contributed by atoms with E-state index in [-0.39, 0.29) is 18.5 Å². The largest absolute Gasteiger partial charge is 0.466 e. The SMILES string of the molecule is CCCCCC/C=C\C/C=C\CCCCCCCC(=O)OCCCCC/C=C\CCCCCCCC(=O)NC(CO)C(O)CCCCCCCCCCCCCCC. The quantitative estimate of drug-likeness (QED) is 0.0323. The summed E-state index contributed by atoms with van der Waals surface area (Å²) in [5.41, 5.74) is 0. The van der Waals surface area contributed by atoms with E-state index in [0.717, 1.165) is 89.9 Å². The fourth-order valence-corrected chi connectivity index (χ4v) is 7.49. The van der Waals surface area contributed by atoms with Crippen LogP contribution >= 0.6 is 0 Å². The summed E-state index contributed by atoms with van der Waals surface area (Å²) < 4.78 is 5.44. The van der Waals surface area contributed by atoms with Crippen molar-refractivity contribution < 1.29 is 24.5 Å². The van der Waals surface area contributed by atoms with Crippen LogP contribution < -0.4 is 5.32 Å². The van der Waals surface area contributed by atoms with E-state index in [0.29, 0.717) is 25.9 Å². The first-order chi connectivity index (χ1) is 28.5. The lowest BCUT2D eigenvalue weighted by atomic mass is 10.0. The van der Waals surface area contributed by atoms with E-state index in [1.54, 1.807) is 0 Å². The minimum Gasteiger partial charge on any atom is -0.466 e. The number of aliphatic hydroxyl groups is 2. The van der Waals surface area contributed by atoms with Crippen molar-refractivity contribution in [2.24, 2.45) is 0 Å². The summed E-state index contributed by atoms with van der Waals surface area (Å²) >= 11 is 0. The van der Waals surface area contributed by atoms with Crippen LogP contribution in [0.4, 0.5) is 0 Å². The number of hydrogen-bond acceptors (Lipinski definition) is 5. The average molecular weight is 816 g/mol. The van der Waals surface area contributed by atoms with Crippen molar-refractivity contribution in [3.8, 4) is 0 Å². The summed E-state index contributed by atoms with van der Waals surface area (Å²) in [5.74, 6) is -0.0996. The number of amides is 1. The van der Waals surface area contributed by atoms with Gasteiger partial charge >= 0.3 is 5.97 Å². The molecule has 2 unspecified atom stereocenters. The molecule has 0 aromatic rings. The van der Waals surface area contributed by atoms with Crippen LogP contribution in [-0.4, -0.2) is 47.4 Å². The summed E-state index contributed by atoms with van der Waals surface area (Å²) in [6.07, 6.45) is 56.8. The normalized spacial score (nSPS) is 13.0. The molecular weight excluding hydrogens is 719 g/mol. The topological polar surface area (TPSA) is 95.9 Å². The number of unbranched alkanes of at least 4 members (excludes halogenated alkanes) is 29. The summed E-state index contributed by atoms with van der Waals surface area (Å²) in [4.78, 5) is 24.4. The Morgan fingerprint density at radius 1 is 0.483 bits per heavy atom. The molecule has 0 aliphatic carbocycles. The van der Waals surface area contributed by atoms with Crippen molar-refractivity contribution in [2.75, 3.05) is 13.2 Å². The van der Waals surface area contributed by atoms with Crippen molar-refractivity contribution in [3.63, 3.8) is 0 Å². The molecule has 0 bridgehead atoms. The van der Waals surface area contributed by atoms with Gasteiger partial charge in [0.15, 0.2) is 0 Å². The molecular formula is C52H97NO5. The smallest absolute Gasteiger partial charge is 0.305 e. The maximum atomic E-state index is 12.4. The van der Waals surface area contributed by atoms with Gasteiger partial charge in [-0.2, -0.15) is 0 Å². The van der Waals surface area contributed by atoms with Gasteiger partial charge in [-0.1, -0.05) is 192 Å². The number of ether oxygens (including phenoxy) is 1. The molecule has 0 spiro atoms. The Balaban J connectivity index is 3.52. The molecule has 58 heavy (non-hydrogen) atoms. The highest BCUT2D eigenvalue weighted by atomic mass is 16.5. The molecule has 0 heterocycles. The number of carbonyl (C=O) groups excluding carboxylic acids is 2. The molecule has 2 atom stereocenters. The monoisotopic (exact) mass is 816 g/mol. The Kier molecular flexibility index (Phi) is 46.2. The summed E-state index contributed by atoms with van der Waals surface area (Å²) in [7, 11) is 0. The molecule has 340 valence electrons. The zero-order chi connectivity index (χ0) is 42.3. The second-order valence-corrected chi connectivity index (χ2v) is 17.1. The number of esters is 1. The number of allylic oxidation sites excluding steroid dienone is 6. The van der Waals surface area contributed by atoms with Gasteiger partial charge in [0.05, 0.1) is 25.4 Å². The number of hydrogen-bond donors (Lipinski definition) is 3. The molecule has 0 saturated carbocycles. The van der Waals surface area contributed by atoms with Gasteiger partial charge < -0.3 is 20.3 Å². The molecule has 0 fully saturated rings. The highest BCUT2D eigenvalue weighted by Crippen LogP contribution is 2.15. The van der Waals surface area contributed by atoms with Gasteiger partial charge in [0.25, 0.3) is 0 Å². The highest BCUT2D eigenvalue weighted by molar-refractivity contribution is 5.76. The predicted molar refractivity (Wildman–Crippen MR) is 250 cm³/mol. The third kappa shape index (κ3) is 43.7. The van der Waals surface area contributed by atoms with Crippen molar-refractivity contribution in [1.82, 2.24) is 5.32 Å². The lowest BCUT2D eigenvalue weighted by molar-refractivity contribution is -0.143. The van der Waals surface area contributed by atoms with Crippen LogP contribution in [-0.2, 0) is 14.3 Å². The first-order valence-corrected chi connectivity index (χ1v) is 25.2. The minimum atomic E-state index is -0.680. The lowest BCUT2D eigenvalue weighted by Crippen LogP contribution is -2.45. The minimum absolute atomic E-state index is 0.0368. The summed E-state index contributed by atoms with van der Waals surface area (Å²) in [6, 6.07) is -0.560. The Bertz CT molecular complexity index is 946. The zero-order valence-electron chi connectivity index (χ0n) is 38.5. The summed E-state index contributed by atoms with van der Waals surface area (Å²) in [6.45, 7) is 4.86. The van der Waals surface area contributed by atoms with E-state index < -0.39 is 12.1 Å². The molecule has 3 N–H and O–H groups in total. The Morgan fingerprint density at radius 2 is 0.862 bits per heavy atom. The van der Waals surface area contributed by atoms with Crippen LogP contribution in [0.5, 0.6) is 0 Å². The fourth-order valence-electron chi connectivity index (χ4n) is 7.49. The number of carbonyl (C=O) groups is 2. The maximum Gasteiger partial charge on any atom is 0.305 e. The van der Waals surface area contributed by atoms with Crippen LogP contribution in [0.15, 0.2) is 36.5 Å². The number of rotatable bonds is 46. The zero-order valence-corrected chi connectivity index (χ0v) is 38.5. The Labute approximate surface area is 360 Å². The van der Waals surface area contributed by atoms with E-state index in [4.69, 9.17) is 4.74 Å². The molecule has 6 nitrogen and oxygen atoms in total. The van der Waals surface area contributed by atoms with Crippen molar-refractivity contribution in [1.29, 1.82) is 0 Å². The van der Waals surface area contributed by atoms with Crippen LogP contribution in [0.3, 0.4) is 0 Å².